The van der Waals surface area contributed by atoms with Crippen LogP contribution in [0.15, 0.2) is 30.3 Å². The summed E-state index contributed by atoms with van der Waals surface area (Å²) in [6, 6.07) is 7.30. The maximum atomic E-state index is 12.0. The summed E-state index contributed by atoms with van der Waals surface area (Å²) >= 11 is 0. The minimum absolute atomic E-state index is 0.227. The number of carboxylic acids is 1. The normalized spacial score (nSPS) is 18.6. The van der Waals surface area contributed by atoms with E-state index in [9.17, 15) is 9.59 Å². The van der Waals surface area contributed by atoms with Crippen molar-refractivity contribution in [3.8, 4) is 0 Å². The molecule has 4 nitrogen and oxygen atoms in total. The van der Waals surface area contributed by atoms with Gasteiger partial charge in [-0.3, -0.25) is 4.79 Å². The Bertz CT molecular complexity index is 519. The predicted octanol–water partition coefficient (Wildman–Crippen LogP) is 2.34. The maximum absolute atomic E-state index is 12.0. The van der Waals surface area contributed by atoms with E-state index in [-0.39, 0.29) is 5.91 Å². The number of hydrogen-bond acceptors (Lipinski definition) is 2. The van der Waals surface area contributed by atoms with E-state index in [1.165, 1.54) is 16.5 Å². The third-order valence-corrected chi connectivity index (χ3v) is 3.63. The first-order chi connectivity index (χ1) is 9.61. The number of aliphatic carboxylic acids is 1. The second kappa shape index (κ2) is 6.37. The average molecular weight is 273 g/mol. The fourth-order valence-corrected chi connectivity index (χ4v) is 2.41. The lowest BCUT2D eigenvalue weighted by molar-refractivity contribution is -0.146. The van der Waals surface area contributed by atoms with Crippen molar-refractivity contribution in [2.24, 2.45) is 0 Å². The van der Waals surface area contributed by atoms with Gasteiger partial charge in [-0.1, -0.05) is 31.2 Å². The Kier molecular flexibility index (Phi) is 4.56. The standard InChI is InChI=1S/C16H19NO3/c1-2-12-5-7-13(8-6-12)9-10-15(18)17-11-3-4-14(17)16(19)20/h5-10,14H,2-4,11H2,1H3,(H,19,20)/t14-/m1/s1. The van der Waals surface area contributed by atoms with Crippen molar-refractivity contribution in [1.29, 1.82) is 0 Å². The summed E-state index contributed by atoms with van der Waals surface area (Å²) in [6.45, 7) is 2.61. The third-order valence-electron chi connectivity index (χ3n) is 3.63. The van der Waals surface area contributed by atoms with E-state index in [0.29, 0.717) is 13.0 Å². The molecule has 0 bridgehead atoms. The lowest BCUT2D eigenvalue weighted by Gasteiger charge is -2.19. The number of amides is 1. The molecule has 0 aromatic heterocycles. The first-order valence-corrected chi connectivity index (χ1v) is 6.92. The highest BCUT2D eigenvalue weighted by atomic mass is 16.4. The molecule has 1 saturated heterocycles. The minimum Gasteiger partial charge on any atom is -0.480 e. The number of aryl methyl sites for hydroxylation is 1. The summed E-state index contributed by atoms with van der Waals surface area (Å²) in [4.78, 5) is 24.5. The average Bonchev–Trinajstić information content (AvgIpc) is 2.95. The van der Waals surface area contributed by atoms with Crippen LogP contribution in [0, 0.1) is 0 Å². The summed E-state index contributed by atoms with van der Waals surface area (Å²) in [5.41, 5.74) is 2.19. The number of carbonyl (C=O) groups excluding carboxylic acids is 1. The molecule has 1 aliphatic rings. The number of likely N-dealkylation sites (tertiary alicyclic amines) is 1. The smallest absolute Gasteiger partial charge is 0.326 e. The van der Waals surface area contributed by atoms with Crippen LogP contribution in [0.3, 0.4) is 0 Å². The Morgan fingerprint density at radius 1 is 1.35 bits per heavy atom. The molecule has 106 valence electrons. The van der Waals surface area contributed by atoms with Gasteiger partial charge in [0, 0.05) is 12.6 Å². The molecule has 1 N–H and O–H groups in total. The number of hydrogen-bond donors (Lipinski definition) is 1. The molecular formula is C16H19NO3. The first-order valence-electron chi connectivity index (χ1n) is 6.92. The lowest BCUT2D eigenvalue weighted by atomic mass is 10.1. The molecule has 4 heteroatoms. The SMILES string of the molecule is CCc1ccc(C=CC(=O)N2CCC[C@@H]2C(=O)O)cc1. The van der Waals surface area contributed by atoms with E-state index in [1.807, 2.05) is 24.3 Å². The molecule has 1 aliphatic heterocycles. The van der Waals surface area contributed by atoms with Crippen molar-refractivity contribution >= 4 is 18.0 Å². The zero-order chi connectivity index (χ0) is 14.5. The summed E-state index contributed by atoms with van der Waals surface area (Å²) < 4.78 is 0. The number of rotatable bonds is 4. The molecule has 1 aromatic rings. The third kappa shape index (κ3) is 3.26. The molecular weight excluding hydrogens is 254 g/mol. The highest BCUT2D eigenvalue weighted by molar-refractivity contribution is 5.94. The molecule has 2 rings (SSSR count). The van der Waals surface area contributed by atoms with Crippen molar-refractivity contribution < 1.29 is 14.7 Å². The Hall–Kier alpha value is -2.10. The van der Waals surface area contributed by atoms with Crippen molar-refractivity contribution in [2.45, 2.75) is 32.2 Å². The van der Waals surface area contributed by atoms with Gasteiger partial charge in [0.05, 0.1) is 0 Å². The molecule has 0 radical (unpaired) electrons. The summed E-state index contributed by atoms with van der Waals surface area (Å²) in [7, 11) is 0. The van der Waals surface area contributed by atoms with E-state index in [0.717, 1.165) is 18.4 Å². The van der Waals surface area contributed by atoms with Crippen LogP contribution in [0.2, 0.25) is 0 Å². The van der Waals surface area contributed by atoms with Gasteiger partial charge in [-0.25, -0.2) is 4.79 Å². The molecule has 1 heterocycles. The van der Waals surface area contributed by atoms with Gasteiger partial charge in [0.2, 0.25) is 5.91 Å². The summed E-state index contributed by atoms with van der Waals surface area (Å²) in [6.07, 6.45) is 5.47. The van der Waals surface area contributed by atoms with Crippen molar-refractivity contribution in [3.05, 3.63) is 41.5 Å². The van der Waals surface area contributed by atoms with Crippen molar-refractivity contribution in [2.75, 3.05) is 6.54 Å². The van der Waals surface area contributed by atoms with Crippen LogP contribution >= 0.6 is 0 Å². The highest BCUT2D eigenvalue weighted by Crippen LogP contribution is 2.18. The van der Waals surface area contributed by atoms with Crippen molar-refractivity contribution in [3.63, 3.8) is 0 Å². The number of carbonyl (C=O) groups is 2. The van der Waals surface area contributed by atoms with Gasteiger partial charge < -0.3 is 10.0 Å². The molecule has 0 saturated carbocycles. The fourth-order valence-electron chi connectivity index (χ4n) is 2.41. The molecule has 1 fully saturated rings. The van der Waals surface area contributed by atoms with Crippen LogP contribution in [-0.4, -0.2) is 34.5 Å². The zero-order valence-electron chi connectivity index (χ0n) is 11.6. The van der Waals surface area contributed by atoms with E-state index in [4.69, 9.17) is 5.11 Å². The van der Waals surface area contributed by atoms with Crippen LogP contribution in [0.1, 0.15) is 30.9 Å². The van der Waals surface area contributed by atoms with Gasteiger partial charge in [-0.05, 0) is 36.5 Å². The molecule has 20 heavy (non-hydrogen) atoms. The van der Waals surface area contributed by atoms with Gasteiger partial charge in [-0.2, -0.15) is 0 Å². The molecule has 0 aliphatic carbocycles. The molecule has 1 atom stereocenters. The van der Waals surface area contributed by atoms with Gasteiger partial charge in [0.1, 0.15) is 6.04 Å². The Morgan fingerprint density at radius 3 is 2.65 bits per heavy atom. The van der Waals surface area contributed by atoms with Crippen LogP contribution in [0.25, 0.3) is 6.08 Å². The second-order valence-corrected chi connectivity index (χ2v) is 4.96. The first kappa shape index (κ1) is 14.3. The predicted molar refractivity (Wildman–Crippen MR) is 77.2 cm³/mol. The molecule has 0 unspecified atom stereocenters. The van der Waals surface area contributed by atoms with E-state index < -0.39 is 12.0 Å². The molecule has 1 aromatic carbocycles. The molecule has 1 amide bonds. The number of carboxylic acid groups (broad SMARTS) is 1. The van der Waals surface area contributed by atoms with E-state index >= 15 is 0 Å². The quantitative estimate of drug-likeness (QED) is 0.857. The summed E-state index contributed by atoms with van der Waals surface area (Å²) in [5.74, 6) is -1.15. The summed E-state index contributed by atoms with van der Waals surface area (Å²) in [5, 5.41) is 9.06. The van der Waals surface area contributed by atoms with Gasteiger partial charge in [0.15, 0.2) is 0 Å². The van der Waals surface area contributed by atoms with Gasteiger partial charge >= 0.3 is 5.97 Å². The molecule has 0 spiro atoms. The lowest BCUT2D eigenvalue weighted by Crippen LogP contribution is -2.39. The van der Waals surface area contributed by atoms with Gasteiger partial charge in [-0.15, -0.1) is 0 Å². The minimum atomic E-state index is -0.920. The van der Waals surface area contributed by atoms with E-state index in [2.05, 4.69) is 6.92 Å². The Balaban J connectivity index is 2.02. The fraction of sp³-hybridized carbons (Fsp3) is 0.375. The largest absolute Gasteiger partial charge is 0.480 e. The highest BCUT2D eigenvalue weighted by Gasteiger charge is 2.32. The van der Waals surface area contributed by atoms with Crippen LogP contribution in [0.4, 0.5) is 0 Å². The Labute approximate surface area is 118 Å². The topological polar surface area (TPSA) is 57.6 Å². The second-order valence-electron chi connectivity index (χ2n) is 4.96. The number of benzene rings is 1. The van der Waals surface area contributed by atoms with Crippen LogP contribution in [0.5, 0.6) is 0 Å². The van der Waals surface area contributed by atoms with Gasteiger partial charge in [0.25, 0.3) is 0 Å². The monoisotopic (exact) mass is 273 g/mol. The zero-order valence-corrected chi connectivity index (χ0v) is 11.6. The van der Waals surface area contributed by atoms with Crippen LogP contribution < -0.4 is 0 Å². The maximum Gasteiger partial charge on any atom is 0.326 e. The number of nitrogens with zero attached hydrogens (tertiary/aromatic N) is 1. The van der Waals surface area contributed by atoms with Crippen LogP contribution in [-0.2, 0) is 16.0 Å². The van der Waals surface area contributed by atoms with E-state index in [1.54, 1.807) is 6.08 Å². The Morgan fingerprint density at radius 2 is 2.05 bits per heavy atom. The van der Waals surface area contributed by atoms with Crippen molar-refractivity contribution in [1.82, 2.24) is 4.90 Å².